The van der Waals surface area contributed by atoms with E-state index >= 15 is 0 Å². The molecule has 3 rings (SSSR count). The summed E-state index contributed by atoms with van der Waals surface area (Å²) in [5.41, 5.74) is 2.25. The van der Waals surface area contributed by atoms with Gasteiger partial charge >= 0.3 is 12.1 Å². The molecule has 2 aliphatic heterocycles. The van der Waals surface area contributed by atoms with Crippen molar-refractivity contribution >= 4 is 17.7 Å². The van der Waals surface area contributed by atoms with Crippen LogP contribution in [0.1, 0.15) is 49.5 Å². The van der Waals surface area contributed by atoms with Gasteiger partial charge in [-0.2, -0.15) is 0 Å². The second kappa shape index (κ2) is 6.58. The molecule has 2 aliphatic rings. The molecule has 0 aromatic heterocycles. The number of amides is 1. The third-order valence-electron chi connectivity index (χ3n) is 4.73. The van der Waals surface area contributed by atoms with Gasteiger partial charge in [0.25, 0.3) is 0 Å². The van der Waals surface area contributed by atoms with Crippen molar-refractivity contribution in [3.8, 4) is 0 Å². The number of esters is 1. The number of piperidine rings is 1. The molecule has 0 spiro atoms. The van der Waals surface area contributed by atoms with Crippen molar-refractivity contribution < 1.29 is 19.1 Å². The van der Waals surface area contributed by atoms with E-state index in [0.717, 1.165) is 37.2 Å². The number of nitrogens with zero attached hydrogens (tertiary/aromatic N) is 2. The predicted molar refractivity (Wildman–Crippen MR) is 94.8 cm³/mol. The normalized spacial score (nSPS) is 17.9. The Morgan fingerprint density at radius 2 is 1.96 bits per heavy atom. The van der Waals surface area contributed by atoms with E-state index in [2.05, 4.69) is 4.90 Å². The number of fused-ring (bicyclic) bond motifs is 1. The topological polar surface area (TPSA) is 59.1 Å². The molecule has 1 saturated heterocycles. The molecule has 0 saturated carbocycles. The third-order valence-corrected chi connectivity index (χ3v) is 4.73. The molecule has 136 valence electrons. The van der Waals surface area contributed by atoms with Crippen LogP contribution >= 0.6 is 0 Å². The standard InChI is InChI=1S/C19H26N2O4/c1-19(2,3)25-18(23)20(4)14-7-9-21(10-8-14)15-5-6-16-13(11-15)12-24-17(16)22/h5-6,11,14H,7-10,12H2,1-4H3. The molecule has 0 aliphatic carbocycles. The molecular weight excluding hydrogens is 320 g/mol. The van der Waals surface area contributed by atoms with Crippen LogP contribution in [0.15, 0.2) is 18.2 Å². The zero-order chi connectivity index (χ0) is 18.2. The van der Waals surface area contributed by atoms with E-state index in [1.807, 2.05) is 46.0 Å². The lowest BCUT2D eigenvalue weighted by Gasteiger charge is -2.38. The SMILES string of the molecule is CN(C(=O)OC(C)(C)C)C1CCN(c2ccc3c(c2)COC3=O)CC1. The Morgan fingerprint density at radius 1 is 1.28 bits per heavy atom. The van der Waals surface area contributed by atoms with Crippen LogP contribution in [0.2, 0.25) is 0 Å². The van der Waals surface area contributed by atoms with Crippen LogP contribution in [0.3, 0.4) is 0 Å². The lowest BCUT2D eigenvalue weighted by Crippen LogP contribution is -2.47. The number of ether oxygens (including phenoxy) is 2. The first-order chi connectivity index (χ1) is 11.7. The summed E-state index contributed by atoms with van der Waals surface area (Å²) in [5, 5.41) is 0. The number of carbonyl (C=O) groups excluding carboxylic acids is 2. The zero-order valence-electron chi connectivity index (χ0n) is 15.4. The van der Waals surface area contributed by atoms with Crippen molar-refractivity contribution in [3.63, 3.8) is 0 Å². The van der Waals surface area contributed by atoms with Crippen LogP contribution in [0.4, 0.5) is 10.5 Å². The Morgan fingerprint density at radius 3 is 2.60 bits per heavy atom. The van der Waals surface area contributed by atoms with Crippen molar-refractivity contribution in [1.82, 2.24) is 4.90 Å². The fourth-order valence-electron chi connectivity index (χ4n) is 3.31. The van der Waals surface area contributed by atoms with Crippen LogP contribution in [-0.4, -0.2) is 48.7 Å². The number of hydrogen-bond donors (Lipinski definition) is 0. The fourth-order valence-corrected chi connectivity index (χ4v) is 3.31. The van der Waals surface area contributed by atoms with E-state index in [1.54, 1.807) is 4.90 Å². The molecule has 0 unspecified atom stereocenters. The Balaban J connectivity index is 1.59. The van der Waals surface area contributed by atoms with Gasteiger partial charge < -0.3 is 19.3 Å². The smallest absolute Gasteiger partial charge is 0.410 e. The number of carbonyl (C=O) groups is 2. The zero-order valence-corrected chi connectivity index (χ0v) is 15.4. The highest BCUT2D eigenvalue weighted by molar-refractivity contribution is 5.93. The van der Waals surface area contributed by atoms with Gasteiger partial charge in [-0.25, -0.2) is 9.59 Å². The minimum Gasteiger partial charge on any atom is -0.457 e. The molecule has 2 heterocycles. The first-order valence-electron chi connectivity index (χ1n) is 8.75. The predicted octanol–water partition coefficient (Wildman–Crippen LogP) is 3.19. The molecule has 1 amide bonds. The van der Waals surface area contributed by atoms with Crippen LogP contribution in [0.5, 0.6) is 0 Å². The maximum absolute atomic E-state index is 12.2. The molecule has 6 nitrogen and oxygen atoms in total. The largest absolute Gasteiger partial charge is 0.457 e. The minimum atomic E-state index is -0.476. The molecule has 0 bridgehead atoms. The first-order valence-corrected chi connectivity index (χ1v) is 8.75. The summed E-state index contributed by atoms with van der Waals surface area (Å²) >= 11 is 0. The van der Waals surface area contributed by atoms with E-state index in [9.17, 15) is 9.59 Å². The Hall–Kier alpha value is -2.24. The van der Waals surface area contributed by atoms with Crippen molar-refractivity contribution in [2.75, 3.05) is 25.0 Å². The van der Waals surface area contributed by atoms with Gasteiger partial charge in [-0.15, -0.1) is 0 Å². The number of cyclic esters (lactones) is 1. The summed E-state index contributed by atoms with van der Waals surface area (Å²) < 4.78 is 10.5. The summed E-state index contributed by atoms with van der Waals surface area (Å²) in [7, 11) is 1.81. The van der Waals surface area contributed by atoms with Crippen LogP contribution < -0.4 is 4.90 Å². The minimum absolute atomic E-state index is 0.186. The molecule has 0 atom stereocenters. The highest BCUT2D eigenvalue weighted by Crippen LogP contribution is 2.28. The second-order valence-electron chi connectivity index (χ2n) is 7.73. The second-order valence-corrected chi connectivity index (χ2v) is 7.73. The Labute approximate surface area is 148 Å². The molecule has 6 heteroatoms. The monoisotopic (exact) mass is 346 g/mol. The average molecular weight is 346 g/mol. The van der Waals surface area contributed by atoms with Crippen molar-refractivity contribution in [2.45, 2.75) is 51.9 Å². The summed E-state index contributed by atoms with van der Waals surface area (Å²) in [4.78, 5) is 27.8. The number of hydrogen-bond acceptors (Lipinski definition) is 5. The third kappa shape index (κ3) is 3.89. The number of anilines is 1. The number of benzene rings is 1. The van der Waals surface area contributed by atoms with E-state index in [-0.39, 0.29) is 18.1 Å². The summed E-state index contributed by atoms with van der Waals surface area (Å²) in [6.45, 7) is 7.73. The lowest BCUT2D eigenvalue weighted by molar-refractivity contribution is 0.0200. The van der Waals surface area contributed by atoms with Gasteiger partial charge in [0.05, 0.1) is 5.56 Å². The lowest BCUT2D eigenvalue weighted by atomic mass is 10.0. The Kier molecular flexibility index (Phi) is 4.62. The van der Waals surface area contributed by atoms with Gasteiger partial charge in [-0.3, -0.25) is 0 Å². The maximum atomic E-state index is 12.2. The first kappa shape index (κ1) is 17.6. The van der Waals surface area contributed by atoms with Gasteiger partial charge in [-0.1, -0.05) is 0 Å². The van der Waals surface area contributed by atoms with Crippen molar-refractivity contribution in [1.29, 1.82) is 0 Å². The van der Waals surface area contributed by atoms with Crippen molar-refractivity contribution in [2.24, 2.45) is 0 Å². The quantitative estimate of drug-likeness (QED) is 0.770. The van der Waals surface area contributed by atoms with E-state index in [4.69, 9.17) is 9.47 Å². The summed E-state index contributed by atoms with van der Waals surface area (Å²) in [6, 6.07) is 6.05. The molecule has 25 heavy (non-hydrogen) atoms. The highest BCUT2D eigenvalue weighted by Gasteiger charge is 2.29. The Bertz CT molecular complexity index is 672. The van der Waals surface area contributed by atoms with Crippen LogP contribution in [0, 0.1) is 0 Å². The van der Waals surface area contributed by atoms with Gasteiger partial charge in [-0.05, 0) is 51.8 Å². The molecule has 0 N–H and O–H groups in total. The maximum Gasteiger partial charge on any atom is 0.410 e. The molecule has 1 aromatic rings. The van der Waals surface area contributed by atoms with Gasteiger partial charge in [0.2, 0.25) is 0 Å². The molecule has 0 radical (unpaired) electrons. The van der Waals surface area contributed by atoms with Gasteiger partial charge in [0.1, 0.15) is 12.2 Å². The van der Waals surface area contributed by atoms with E-state index in [0.29, 0.717) is 12.2 Å². The van der Waals surface area contributed by atoms with E-state index in [1.165, 1.54) is 0 Å². The van der Waals surface area contributed by atoms with Gasteiger partial charge in [0, 0.05) is 37.4 Å². The highest BCUT2D eigenvalue weighted by atomic mass is 16.6. The van der Waals surface area contributed by atoms with E-state index < -0.39 is 5.60 Å². The van der Waals surface area contributed by atoms with Crippen molar-refractivity contribution in [3.05, 3.63) is 29.3 Å². The molecular formula is C19H26N2O4. The van der Waals surface area contributed by atoms with Crippen LogP contribution in [-0.2, 0) is 16.1 Å². The summed E-state index contributed by atoms with van der Waals surface area (Å²) in [5.74, 6) is -0.237. The summed E-state index contributed by atoms with van der Waals surface area (Å²) in [6.07, 6.45) is 1.52. The fraction of sp³-hybridized carbons (Fsp3) is 0.579. The molecule has 1 fully saturated rings. The molecule has 1 aromatic carbocycles. The average Bonchev–Trinajstić information content (AvgIpc) is 2.93. The van der Waals surface area contributed by atoms with Gasteiger partial charge in [0.15, 0.2) is 0 Å². The number of rotatable bonds is 2. The van der Waals surface area contributed by atoms with Crippen LogP contribution in [0.25, 0.3) is 0 Å².